The normalized spacial score (nSPS) is 13.0. The Balaban J connectivity index is 1.48. The fraction of sp³-hybridized carbons (Fsp3) is 0.200. The second-order valence-electron chi connectivity index (χ2n) is 8.07. The molecule has 0 aromatic heterocycles. The lowest BCUT2D eigenvalue weighted by molar-refractivity contribution is -0.114. The fourth-order valence-corrected chi connectivity index (χ4v) is 4.80. The highest BCUT2D eigenvalue weighted by atomic mass is 32.2. The number of nitrogens with one attached hydrogen (secondary N) is 2. The molecular formula is C25H25N3O4S. The fourth-order valence-electron chi connectivity index (χ4n) is 3.78. The van der Waals surface area contributed by atoms with E-state index in [0.29, 0.717) is 17.8 Å². The van der Waals surface area contributed by atoms with E-state index in [1.54, 1.807) is 17.0 Å². The summed E-state index contributed by atoms with van der Waals surface area (Å²) in [6.45, 7) is 4.05. The maximum Gasteiger partial charge on any atom is 0.258 e. The number of aryl methyl sites for hydroxylation is 1. The summed E-state index contributed by atoms with van der Waals surface area (Å²) in [6.07, 6.45) is 0.763. The number of benzene rings is 3. The first-order valence-corrected chi connectivity index (χ1v) is 12.1. The van der Waals surface area contributed by atoms with Crippen molar-refractivity contribution in [1.82, 2.24) is 4.72 Å². The van der Waals surface area contributed by atoms with Crippen LogP contribution in [-0.4, -0.2) is 26.8 Å². The number of anilines is 2. The van der Waals surface area contributed by atoms with Gasteiger partial charge in [-0.1, -0.05) is 29.8 Å². The number of sulfonamides is 1. The lowest BCUT2D eigenvalue weighted by atomic mass is 10.1. The minimum absolute atomic E-state index is 0.0641. The predicted octanol–water partition coefficient (Wildman–Crippen LogP) is 3.63. The number of carbonyl (C=O) groups excluding carboxylic acids is 2. The highest BCUT2D eigenvalue weighted by Gasteiger charge is 2.26. The van der Waals surface area contributed by atoms with E-state index in [1.807, 2.05) is 49.4 Å². The third-order valence-electron chi connectivity index (χ3n) is 5.54. The quantitative estimate of drug-likeness (QED) is 0.584. The molecule has 170 valence electrons. The molecule has 2 amide bonds. The number of hydrogen-bond acceptors (Lipinski definition) is 4. The lowest BCUT2D eigenvalue weighted by Gasteiger charge is -2.18. The van der Waals surface area contributed by atoms with Crippen LogP contribution in [-0.2, 0) is 27.8 Å². The van der Waals surface area contributed by atoms with Gasteiger partial charge in [0, 0.05) is 37.0 Å². The summed E-state index contributed by atoms with van der Waals surface area (Å²) < 4.78 is 28.0. The highest BCUT2D eigenvalue weighted by Crippen LogP contribution is 2.30. The van der Waals surface area contributed by atoms with Crippen molar-refractivity contribution in [3.63, 3.8) is 0 Å². The van der Waals surface area contributed by atoms with Crippen LogP contribution in [0.15, 0.2) is 71.6 Å². The standard InChI is InChI=1S/C25H25N3O4S/c1-17-3-6-21(7-4-17)25(30)28-14-13-20-8-5-19(15-24(20)28)16-26-33(31,32)23-11-9-22(10-12-23)27-18(2)29/h3-12,15,26H,13-14,16H2,1-2H3,(H,27,29). The van der Waals surface area contributed by atoms with E-state index in [4.69, 9.17) is 0 Å². The maximum atomic E-state index is 13.0. The summed E-state index contributed by atoms with van der Waals surface area (Å²) in [5, 5.41) is 2.61. The Morgan fingerprint density at radius 1 is 0.970 bits per heavy atom. The lowest BCUT2D eigenvalue weighted by Crippen LogP contribution is -2.29. The van der Waals surface area contributed by atoms with Gasteiger partial charge in [-0.25, -0.2) is 13.1 Å². The molecule has 1 aliphatic rings. The van der Waals surface area contributed by atoms with Crippen LogP contribution in [0.4, 0.5) is 11.4 Å². The molecule has 0 aliphatic carbocycles. The Morgan fingerprint density at radius 2 is 1.67 bits per heavy atom. The summed E-state index contributed by atoms with van der Waals surface area (Å²) in [5.41, 5.74) is 4.89. The number of carbonyl (C=O) groups is 2. The smallest absolute Gasteiger partial charge is 0.258 e. The SMILES string of the molecule is CC(=O)Nc1ccc(S(=O)(=O)NCc2ccc3c(c2)N(C(=O)c2ccc(C)cc2)CC3)cc1. The van der Waals surface area contributed by atoms with Crippen LogP contribution in [0.25, 0.3) is 0 Å². The van der Waals surface area contributed by atoms with Crippen molar-refractivity contribution in [2.75, 3.05) is 16.8 Å². The Labute approximate surface area is 193 Å². The monoisotopic (exact) mass is 463 g/mol. The van der Waals surface area contributed by atoms with Gasteiger partial charge in [0.2, 0.25) is 15.9 Å². The molecule has 2 N–H and O–H groups in total. The van der Waals surface area contributed by atoms with Gasteiger partial charge < -0.3 is 10.2 Å². The van der Waals surface area contributed by atoms with Crippen molar-refractivity contribution in [3.05, 3.63) is 89.0 Å². The van der Waals surface area contributed by atoms with Crippen LogP contribution < -0.4 is 14.9 Å². The molecule has 0 atom stereocenters. The highest BCUT2D eigenvalue weighted by molar-refractivity contribution is 7.89. The van der Waals surface area contributed by atoms with Gasteiger partial charge in [0.15, 0.2) is 0 Å². The van der Waals surface area contributed by atoms with Gasteiger partial charge in [0.25, 0.3) is 5.91 Å². The number of nitrogens with zero attached hydrogens (tertiary/aromatic N) is 1. The summed E-state index contributed by atoms with van der Waals surface area (Å²) >= 11 is 0. The van der Waals surface area contributed by atoms with Gasteiger partial charge >= 0.3 is 0 Å². The van der Waals surface area contributed by atoms with E-state index in [-0.39, 0.29) is 23.3 Å². The molecule has 3 aromatic carbocycles. The second kappa shape index (κ2) is 9.17. The van der Waals surface area contributed by atoms with Crippen molar-refractivity contribution in [2.45, 2.75) is 31.7 Å². The topological polar surface area (TPSA) is 95.6 Å². The van der Waals surface area contributed by atoms with Crippen LogP contribution in [0, 0.1) is 6.92 Å². The van der Waals surface area contributed by atoms with Crippen LogP contribution in [0.1, 0.15) is 34.0 Å². The number of fused-ring (bicyclic) bond motifs is 1. The van der Waals surface area contributed by atoms with Crippen LogP contribution >= 0.6 is 0 Å². The first-order valence-electron chi connectivity index (χ1n) is 10.6. The summed E-state index contributed by atoms with van der Waals surface area (Å²) in [4.78, 5) is 26.0. The van der Waals surface area contributed by atoms with Gasteiger partial charge in [-0.15, -0.1) is 0 Å². The van der Waals surface area contributed by atoms with E-state index >= 15 is 0 Å². The van der Waals surface area contributed by atoms with Crippen molar-refractivity contribution >= 4 is 33.2 Å². The molecule has 8 heteroatoms. The Morgan fingerprint density at radius 3 is 2.33 bits per heavy atom. The largest absolute Gasteiger partial charge is 0.326 e. The van der Waals surface area contributed by atoms with Gasteiger partial charge in [-0.2, -0.15) is 0 Å². The molecular weight excluding hydrogens is 438 g/mol. The van der Waals surface area contributed by atoms with Crippen LogP contribution in [0.3, 0.4) is 0 Å². The number of amides is 2. The molecule has 0 radical (unpaired) electrons. The Kier molecular flexibility index (Phi) is 6.31. The molecule has 0 fully saturated rings. The zero-order valence-corrected chi connectivity index (χ0v) is 19.3. The van der Waals surface area contributed by atoms with Crippen molar-refractivity contribution < 1.29 is 18.0 Å². The van der Waals surface area contributed by atoms with Gasteiger partial charge in [0.05, 0.1) is 4.90 Å². The summed E-state index contributed by atoms with van der Waals surface area (Å²) in [7, 11) is -3.74. The predicted molar refractivity (Wildman–Crippen MR) is 128 cm³/mol. The van der Waals surface area contributed by atoms with E-state index in [0.717, 1.165) is 28.8 Å². The molecule has 0 bridgehead atoms. The summed E-state index contributed by atoms with van der Waals surface area (Å²) in [6, 6.07) is 19.1. The first kappa shape index (κ1) is 22.7. The van der Waals surface area contributed by atoms with Gasteiger partial charge in [-0.3, -0.25) is 9.59 Å². The maximum absolute atomic E-state index is 13.0. The van der Waals surface area contributed by atoms with E-state index in [2.05, 4.69) is 10.0 Å². The van der Waals surface area contributed by atoms with E-state index in [1.165, 1.54) is 19.1 Å². The van der Waals surface area contributed by atoms with Crippen LogP contribution in [0.2, 0.25) is 0 Å². The Bertz CT molecular complexity index is 1300. The molecule has 33 heavy (non-hydrogen) atoms. The number of rotatable bonds is 6. The molecule has 1 aliphatic heterocycles. The molecule has 7 nitrogen and oxygen atoms in total. The van der Waals surface area contributed by atoms with Crippen LogP contribution in [0.5, 0.6) is 0 Å². The molecule has 0 saturated carbocycles. The molecule has 1 heterocycles. The zero-order chi connectivity index (χ0) is 23.6. The molecule has 0 spiro atoms. The molecule has 3 aromatic rings. The Hall–Kier alpha value is -3.49. The molecule has 0 unspecified atom stereocenters. The zero-order valence-electron chi connectivity index (χ0n) is 18.5. The minimum Gasteiger partial charge on any atom is -0.326 e. The average molecular weight is 464 g/mol. The second-order valence-corrected chi connectivity index (χ2v) is 9.83. The molecule has 4 rings (SSSR count). The van der Waals surface area contributed by atoms with Gasteiger partial charge in [0.1, 0.15) is 0 Å². The van der Waals surface area contributed by atoms with Crippen molar-refractivity contribution in [1.29, 1.82) is 0 Å². The number of hydrogen-bond donors (Lipinski definition) is 2. The minimum atomic E-state index is -3.74. The molecule has 0 saturated heterocycles. The van der Waals surface area contributed by atoms with Crippen molar-refractivity contribution in [2.24, 2.45) is 0 Å². The third-order valence-corrected chi connectivity index (χ3v) is 6.96. The van der Waals surface area contributed by atoms with Gasteiger partial charge in [-0.05, 0) is 66.9 Å². The van der Waals surface area contributed by atoms with Crippen molar-refractivity contribution in [3.8, 4) is 0 Å². The first-order chi connectivity index (χ1) is 15.7. The summed E-state index contributed by atoms with van der Waals surface area (Å²) in [5.74, 6) is -0.291. The third kappa shape index (κ3) is 5.13. The van der Waals surface area contributed by atoms with E-state index < -0.39 is 10.0 Å². The van der Waals surface area contributed by atoms with E-state index in [9.17, 15) is 18.0 Å². The average Bonchev–Trinajstić information content (AvgIpc) is 3.21.